The van der Waals surface area contributed by atoms with Crippen molar-refractivity contribution in [3.8, 4) is 5.75 Å². The first-order chi connectivity index (χ1) is 13.0. The zero-order chi connectivity index (χ0) is 19.4. The van der Waals surface area contributed by atoms with Crippen LogP contribution in [0.1, 0.15) is 16.7 Å². The number of carbonyl (C=O) groups is 1. The van der Waals surface area contributed by atoms with Crippen LogP contribution in [0, 0.1) is 6.92 Å². The maximum atomic E-state index is 12.0. The molecule has 0 aliphatic heterocycles. The number of hydrogen-bond donors (Lipinski definition) is 0. The van der Waals surface area contributed by atoms with Gasteiger partial charge in [-0.3, -0.25) is 0 Å². The van der Waals surface area contributed by atoms with E-state index in [0.717, 1.165) is 11.1 Å². The molecule has 0 N–H and O–H groups in total. The van der Waals surface area contributed by atoms with Gasteiger partial charge in [-0.1, -0.05) is 23.7 Å². The molecule has 0 bridgehead atoms. The molecular weight excluding hydrogens is 368 g/mol. The lowest BCUT2D eigenvalue weighted by Gasteiger charge is -2.07. The third-order valence-electron chi connectivity index (χ3n) is 3.99. The van der Waals surface area contributed by atoms with Crippen LogP contribution in [0.5, 0.6) is 5.75 Å². The average Bonchev–Trinajstić information content (AvgIpc) is 2.66. The third kappa shape index (κ3) is 4.57. The molecule has 27 heavy (non-hydrogen) atoms. The molecule has 0 saturated carbocycles. The van der Waals surface area contributed by atoms with Crippen LogP contribution in [0.15, 0.2) is 57.8 Å². The number of methoxy groups -OCH3 is 1. The minimum absolute atomic E-state index is 0.0667. The first-order valence-electron chi connectivity index (χ1n) is 8.18. The zero-order valence-electron chi connectivity index (χ0n) is 14.8. The Morgan fingerprint density at radius 2 is 2.04 bits per heavy atom. The predicted molar refractivity (Wildman–Crippen MR) is 104 cm³/mol. The molecule has 0 unspecified atom stereocenters. The smallest absolute Gasteiger partial charge is 0.336 e. The van der Waals surface area contributed by atoms with E-state index in [0.29, 0.717) is 27.3 Å². The van der Waals surface area contributed by atoms with Crippen molar-refractivity contribution in [2.24, 2.45) is 0 Å². The highest BCUT2D eigenvalue weighted by atomic mass is 35.5. The molecule has 0 spiro atoms. The summed E-state index contributed by atoms with van der Waals surface area (Å²) in [5.74, 6) is 0.164. The van der Waals surface area contributed by atoms with Crippen LogP contribution in [-0.4, -0.2) is 13.1 Å². The number of aryl methyl sites for hydroxylation is 1. The van der Waals surface area contributed by atoms with Gasteiger partial charge in [0.25, 0.3) is 0 Å². The molecule has 1 heterocycles. The second-order valence-corrected chi connectivity index (χ2v) is 6.31. The van der Waals surface area contributed by atoms with Gasteiger partial charge >= 0.3 is 11.6 Å². The highest BCUT2D eigenvalue weighted by molar-refractivity contribution is 6.32. The van der Waals surface area contributed by atoms with Crippen molar-refractivity contribution >= 4 is 34.6 Å². The SMILES string of the molecule is COc1cccc(/C=C/C(=O)OCc2cc(=O)oc3cc(C)c(Cl)cc23)c1. The van der Waals surface area contributed by atoms with E-state index in [1.165, 1.54) is 12.1 Å². The van der Waals surface area contributed by atoms with E-state index in [4.69, 9.17) is 25.5 Å². The second-order valence-electron chi connectivity index (χ2n) is 5.91. The average molecular weight is 385 g/mol. The summed E-state index contributed by atoms with van der Waals surface area (Å²) in [7, 11) is 1.57. The quantitative estimate of drug-likeness (QED) is 0.367. The third-order valence-corrected chi connectivity index (χ3v) is 4.39. The van der Waals surface area contributed by atoms with E-state index >= 15 is 0 Å². The number of ether oxygens (including phenoxy) is 2. The molecule has 0 saturated heterocycles. The fraction of sp³-hybridized carbons (Fsp3) is 0.143. The van der Waals surface area contributed by atoms with E-state index in [-0.39, 0.29) is 6.61 Å². The molecule has 3 aromatic rings. The number of hydrogen-bond acceptors (Lipinski definition) is 5. The summed E-state index contributed by atoms with van der Waals surface area (Å²) in [5, 5.41) is 1.18. The van der Waals surface area contributed by atoms with Crippen LogP contribution in [0.4, 0.5) is 0 Å². The van der Waals surface area contributed by atoms with Crippen LogP contribution < -0.4 is 10.4 Å². The molecule has 0 aliphatic carbocycles. The maximum absolute atomic E-state index is 12.0. The molecule has 0 radical (unpaired) electrons. The zero-order valence-corrected chi connectivity index (χ0v) is 15.6. The molecule has 0 amide bonds. The van der Waals surface area contributed by atoms with Crippen LogP contribution >= 0.6 is 11.6 Å². The van der Waals surface area contributed by atoms with Crippen LogP contribution in [0.2, 0.25) is 5.02 Å². The van der Waals surface area contributed by atoms with E-state index in [2.05, 4.69) is 0 Å². The maximum Gasteiger partial charge on any atom is 0.336 e. The van der Waals surface area contributed by atoms with Gasteiger partial charge < -0.3 is 13.9 Å². The molecule has 0 atom stereocenters. The molecular formula is C21H17ClO5. The Kier molecular flexibility index (Phi) is 5.62. The topological polar surface area (TPSA) is 65.7 Å². The van der Waals surface area contributed by atoms with Crippen LogP contribution in [-0.2, 0) is 16.1 Å². The summed E-state index contributed by atoms with van der Waals surface area (Å²) in [6, 6.07) is 12.0. The lowest BCUT2D eigenvalue weighted by molar-refractivity contribution is -0.138. The summed E-state index contributed by atoms with van der Waals surface area (Å²) in [4.78, 5) is 23.8. The number of fused-ring (bicyclic) bond motifs is 1. The first kappa shape index (κ1) is 18.7. The second kappa shape index (κ2) is 8.10. The van der Waals surface area contributed by atoms with Crippen molar-refractivity contribution < 1.29 is 18.7 Å². The fourth-order valence-corrected chi connectivity index (χ4v) is 2.74. The summed E-state index contributed by atoms with van der Waals surface area (Å²) in [6.45, 7) is 1.75. The van der Waals surface area contributed by atoms with E-state index < -0.39 is 11.6 Å². The number of benzene rings is 2. The van der Waals surface area contributed by atoms with Gasteiger partial charge in [0.05, 0.1) is 7.11 Å². The van der Waals surface area contributed by atoms with Crippen LogP contribution in [0.3, 0.4) is 0 Å². The number of esters is 1. The Bertz CT molecular complexity index is 1080. The minimum Gasteiger partial charge on any atom is -0.497 e. The number of halogens is 1. The van der Waals surface area contributed by atoms with Crippen molar-refractivity contribution in [3.05, 3.63) is 80.7 Å². The summed E-state index contributed by atoms with van der Waals surface area (Å²) in [5.41, 5.74) is 2.03. The predicted octanol–water partition coefficient (Wildman–Crippen LogP) is 4.52. The lowest BCUT2D eigenvalue weighted by Crippen LogP contribution is -2.05. The van der Waals surface area contributed by atoms with Gasteiger partial charge in [-0.05, 0) is 48.4 Å². The molecule has 138 valence electrons. The highest BCUT2D eigenvalue weighted by Gasteiger charge is 2.10. The van der Waals surface area contributed by atoms with E-state index in [1.54, 1.807) is 31.4 Å². The molecule has 0 fully saturated rings. The van der Waals surface area contributed by atoms with Crippen molar-refractivity contribution in [1.82, 2.24) is 0 Å². The molecule has 0 aliphatic rings. The standard InChI is InChI=1S/C21H17ClO5/c1-13-8-19-17(11-18(13)22)15(10-21(24)27-19)12-26-20(23)7-6-14-4-3-5-16(9-14)25-2/h3-11H,12H2,1-2H3/b7-6+. The Labute approximate surface area is 160 Å². The van der Waals surface area contributed by atoms with Gasteiger partial charge in [0, 0.05) is 28.1 Å². The summed E-state index contributed by atoms with van der Waals surface area (Å²) < 4.78 is 15.6. The molecule has 6 heteroatoms. The van der Waals surface area contributed by atoms with Gasteiger partial charge in [-0.25, -0.2) is 9.59 Å². The largest absolute Gasteiger partial charge is 0.497 e. The molecule has 5 nitrogen and oxygen atoms in total. The van der Waals surface area contributed by atoms with E-state index in [1.807, 2.05) is 25.1 Å². The summed E-state index contributed by atoms with van der Waals surface area (Å²) in [6.07, 6.45) is 2.95. The highest BCUT2D eigenvalue weighted by Crippen LogP contribution is 2.25. The Morgan fingerprint density at radius 1 is 1.22 bits per heavy atom. The molecule has 1 aromatic heterocycles. The van der Waals surface area contributed by atoms with Crippen molar-refractivity contribution in [1.29, 1.82) is 0 Å². The Morgan fingerprint density at radius 3 is 2.81 bits per heavy atom. The fourth-order valence-electron chi connectivity index (χ4n) is 2.57. The van der Waals surface area contributed by atoms with Crippen molar-refractivity contribution in [3.63, 3.8) is 0 Å². The van der Waals surface area contributed by atoms with Crippen LogP contribution in [0.25, 0.3) is 17.0 Å². The normalized spacial score (nSPS) is 11.1. The monoisotopic (exact) mass is 384 g/mol. The van der Waals surface area contributed by atoms with Crippen molar-refractivity contribution in [2.75, 3.05) is 7.11 Å². The summed E-state index contributed by atoms with van der Waals surface area (Å²) >= 11 is 6.16. The number of rotatable bonds is 5. The molecule has 2 aromatic carbocycles. The van der Waals surface area contributed by atoms with Gasteiger partial charge in [-0.15, -0.1) is 0 Å². The van der Waals surface area contributed by atoms with Gasteiger partial charge in [0.1, 0.15) is 17.9 Å². The first-order valence-corrected chi connectivity index (χ1v) is 8.56. The van der Waals surface area contributed by atoms with E-state index in [9.17, 15) is 9.59 Å². The van der Waals surface area contributed by atoms with Gasteiger partial charge in [0.15, 0.2) is 0 Å². The Balaban J connectivity index is 1.76. The molecule has 3 rings (SSSR count). The Hall–Kier alpha value is -3.05. The minimum atomic E-state index is -0.530. The lowest BCUT2D eigenvalue weighted by atomic mass is 10.1. The van der Waals surface area contributed by atoms with Gasteiger partial charge in [-0.2, -0.15) is 0 Å². The number of carbonyl (C=O) groups excluding carboxylic acids is 1. The van der Waals surface area contributed by atoms with Gasteiger partial charge in [0.2, 0.25) is 0 Å². The van der Waals surface area contributed by atoms with Crippen molar-refractivity contribution in [2.45, 2.75) is 13.5 Å².